The fourth-order valence-corrected chi connectivity index (χ4v) is 1.25. The molecule has 0 radical (unpaired) electrons. The lowest BCUT2D eigenvalue weighted by molar-refractivity contribution is 0.145. The first kappa shape index (κ1) is 8.83. The van der Waals surface area contributed by atoms with E-state index in [0.717, 1.165) is 0 Å². The number of nitrogens with zero attached hydrogens (tertiary/aromatic N) is 1. The lowest BCUT2D eigenvalue weighted by atomic mass is 10.3. The van der Waals surface area contributed by atoms with Gasteiger partial charge in [-0.3, -0.25) is 4.98 Å². The fraction of sp³-hybridized carbons (Fsp3) is 0.286. The van der Waals surface area contributed by atoms with Gasteiger partial charge in [-0.15, -0.1) is 0 Å². The lowest BCUT2D eigenvalue weighted by Crippen LogP contribution is -1.95. The minimum atomic E-state index is -2.47. The zero-order chi connectivity index (χ0) is 8.43. The molecule has 0 atom stereocenters. The SMILES string of the molecule is Cc1ccc(I)c(C(F)F)n1. The van der Waals surface area contributed by atoms with Gasteiger partial charge in [0.15, 0.2) is 0 Å². The van der Waals surface area contributed by atoms with Crippen LogP contribution in [0.3, 0.4) is 0 Å². The van der Waals surface area contributed by atoms with Crippen molar-refractivity contribution in [3.05, 3.63) is 27.1 Å². The Labute approximate surface area is 77.0 Å². The first-order valence-electron chi connectivity index (χ1n) is 3.02. The summed E-state index contributed by atoms with van der Waals surface area (Å²) in [6.45, 7) is 1.70. The topological polar surface area (TPSA) is 12.9 Å². The monoisotopic (exact) mass is 269 g/mol. The van der Waals surface area contributed by atoms with Crippen LogP contribution in [-0.2, 0) is 0 Å². The molecule has 1 aromatic rings. The molecule has 0 unspecified atom stereocenters. The van der Waals surface area contributed by atoms with Crippen LogP contribution in [0.15, 0.2) is 12.1 Å². The van der Waals surface area contributed by atoms with Crippen LogP contribution in [0.1, 0.15) is 17.8 Å². The number of aryl methyl sites for hydroxylation is 1. The maximum atomic E-state index is 12.1. The van der Waals surface area contributed by atoms with E-state index in [0.29, 0.717) is 9.26 Å². The Morgan fingerprint density at radius 2 is 2.09 bits per heavy atom. The van der Waals surface area contributed by atoms with Crippen LogP contribution >= 0.6 is 22.6 Å². The number of halogens is 3. The van der Waals surface area contributed by atoms with E-state index < -0.39 is 6.43 Å². The van der Waals surface area contributed by atoms with Crippen molar-refractivity contribution in [3.63, 3.8) is 0 Å². The predicted octanol–water partition coefficient (Wildman–Crippen LogP) is 2.93. The zero-order valence-electron chi connectivity index (χ0n) is 5.81. The summed E-state index contributed by atoms with van der Waals surface area (Å²) in [6, 6.07) is 3.36. The van der Waals surface area contributed by atoms with Crippen molar-refractivity contribution in [3.8, 4) is 0 Å². The van der Waals surface area contributed by atoms with Gasteiger partial charge in [0.25, 0.3) is 6.43 Å². The zero-order valence-corrected chi connectivity index (χ0v) is 7.97. The highest BCUT2D eigenvalue weighted by Crippen LogP contribution is 2.22. The van der Waals surface area contributed by atoms with Gasteiger partial charge in [0.1, 0.15) is 5.69 Å². The van der Waals surface area contributed by atoms with Crippen LogP contribution in [0, 0.1) is 10.5 Å². The molecule has 1 aromatic heterocycles. The van der Waals surface area contributed by atoms with Gasteiger partial charge in [-0.1, -0.05) is 0 Å². The number of aromatic nitrogens is 1. The maximum absolute atomic E-state index is 12.1. The second-order valence-corrected chi connectivity index (χ2v) is 3.28. The summed E-state index contributed by atoms with van der Waals surface area (Å²) in [5.41, 5.74) is 0.506. The van der Waals surface area contributed by atoms with Crippen LogP contribution in [0.2, 0.25) is 0 Å². The average Bonchev–Trinajstić information content (AvgIpc) is 1.94. The quantitative estimate of drug-likeness (QED) is 0.714. The minimum Gasteiger partial charge on any atom is -0.251 e. The van der Waals surface area contributed by atoms with Gasteiger partial charge in [-0.2, -0.15) is 0 Å². The van der Waals surface area contributed by atoms with Gasteiger partial charge in [0, 0.05) is 9.26 Å². The highest BCUT2D eigenvalue weighted by molar-refractivity contribution is 14.1. The third-order valence-electron chi connectivity index (χ3n) is 1.22. The summed E-state index contributed by atoms with van der Waals surface area (Å²) in [5, 5.41) is 0. The first-order chi connectivity index (χ1) is 5.11. The Bertz CT molecular complexity index is 263. The first-order valence-corrected chi connectivity index (χ1v) is 4.10. The molecule has 60 valence electrons. The van der Waals surface area contributed by atoms with E-state index in [1.54, 1.807) is 19.1 Å². The van der Waals surface area contributed by atoms with Gasteiger partial charge < -0.3 is 0 Å². The molecule has 0 aliphatic heterocycles. The van der Waals surface area contributed by atoms with Gasteiger partial charge in [0.2, 0.25) is 0 Å². The third kappa shape index (κ3) is 2.08. The van der Waals surface area contributed by atoms with Gasteiger partial charge in [0.05, 0.1) is 0 Å². The molecule has 0 amide bonds. The number of hydrogen-bond acceptors (Lipinski definition) is 1. The maximum Gasteiger partial charge on any atom is 0.281 e. The number of rotatable bonds is 1. The molecule has 0 aliphatic carbocycles. The Hall–Kier alpha value is -0.260. The predicted molar refractivity (Wildman–Crippen MR) is 46.6 cm³/mol. The molecule has 1 nitrogen and oxygen atoms in total. The molecule has 0 aliphatic rings. The van der Waals surface area contributed by atoms with Crippen LogP contribution < -0.4 is 0 Å². The molecule has 0 fully saturated rings. The largest absolute Gasteiger partial charge is 0.281 e. The molecule has 0 bridgehead atoms. The summed E-state index contributed by atoms with van der Waals surface area (Å²) >= 11 is 1.85. The smallest absolute Gasteiger partial charge is 0.251 e. The number of pyridine rings is 1. The summed E-state index contributed by atoms with van der Waals surface area (Å²) < 4.78 is 24.8. The summed E-state index contributed by atoms with van der Waals surface area (Å²) in [6.07, 6.45) is -2.47. The Balaban J connectivity index is 3.13. The van der Waals surface area contributed by atoms with Crippen molar-refractivity contribution in [2.24, 2.45) is 0 Å². The molecule has 0 saturated heterocycles. The normalized spacial score (nSPS) is 10.6. The molecule has 0 spiro atoms. The highest BCUT2D eigenvalue weighted by Gasteiger charge is 2.12. The summed E-state index contributed by atoms with van der Waals surface area (Å²) in [7, 11) is 0. The van der Waals surface area contributed by atoms with Crippen molar-refractivity contribution in [2.75, 3.05) is 0 Å². The van der Waals surface area contributed by atoms with Crippen molar-refractivity contribution >= 4 is 22.6 Å². The summed E-state index contributed by atoms with van der Waals surface area (Å²) in [5.74, 6) is 0. The van der Waals surface area contributed by atoms with Gasteiger partial charge in [-0.25, -0.2) is 8.78 Å². The fourth-order valence-electron chi connectivity index (χ4n) is 0.713. The Morgan fingerprint density at radius 1 is 1.45 bits per heavy atom. The van der Waals surface area contributed by atoms with Crippen molar-refractivity contribution in [1.82, 2.24) is 4.98 Å². The van der Waals surface area contributed by atoms with Crippen molar-refractivity contribution in [1.29, 1.82) is 0 Å². The molecule has 0 N–H and O–H groups in total. The molecule has 4 heteroatoms. The second kappa shape index (κ2) is 3.42. The molecule has 1 rings (SSSR count). The van der Waals surface area contributed by atoms with E-state index in [-0.39, 0.29) is 5.69 Å². The Morgan fingerprint density at radius 3 is 2.55 bits per heavy atom. The molecule has 0 saturated carbocycles. The van der Waals surface area contributed by atoms with Gasteiger partial charge >= 0.3 is 0 Å². The minimum absolute atomic E-state index is 0.120. The molecular weight excluding hydrogens is 263 g/mol. The van der Waals surface area contributed by atoms with Crippen molar-refractivity contribution in [2.45, 2.75) is 13.3 Å². The van der Waals surface area contributed by atoms with E-state index >= 15 is 0 Å². The molecule has 0 aromatic carbocycles. The highest BCUT2D eigenvalue weighted by atomic mass is 127. The second-order valence-electron chi connectivity index (χ2n) is 2.12. The lowest BCUT2D eigenvalue weighted by Gasteiger charge is -2.01. The average molecular weight is 269 g/mol. The van der Waals surface area contributed by atoms with E-state index in [9.17, 15) is 8.78 Å². The van der Waals surface area contributed by atoms with Gasteiger partial charge in [-0.05, 0) is 41.6 Å². The molecule has 11 heavy (non-hydrogen) atoms. The number of alkyl halides is 2. The van der Waals surface area contributed by atoms with Crippen LogP contribution in [0.25, 0.3) is 0 Å². The van der Waals surface area contributed by atoms with Crippen LogP contribution in [-0.4, -0.2) is 4.98 Å². The standard InChI is InChI=1S/C7H6F2IN/c1-4-2-3-5(10)6(11-4)7(8)9/h2-3,7H,1H3. The van der Waals surface area contributed by atoms with Crippen LogP contribution in [0.4, 0.5) is 8.78 Å². The van der Waals surface area contributed by atoms with E-state index in [2.05, 4.69) is 4.98 Å². The van der Waals surface area contributed by atoms with Crippen molar-refractivity contribution < 1.29 is 8.78 Å². The molecule has 1 heterocycles. The van der Waals surface area contributed by atoms with E-state index in [1.807, 2.05) is 22.6 Å². The molecular formula is C7H6F2IN. The number of hydrogen-bond donors (Lipinski definition) is 0. The van der Waals surface area contributed by atoms with Crippen LogP contribution in [0.5, 0.6) is 0 Å². The van der Waals surface area contributed by atoms with E-state index in [4.69, 9.17) is 0 Å². The summed E-state index contributed by atoms with van der Waals surface area (Å²) in [4.78, 5) is 3.71. The Kier molecular flexibility index (Phi) is 2.75. The van der Waals surface area contributed by atoms with E-state index in [1.165, 1.54) is 0 Å². The third-order valence-corrected chi connectivity index (χ3v) is 2.13.